The van der Waals surface area contributed by atoms with Gasteiger partial charge in [-0.25, -0.2) is 4.85 Å². The van der Waals surface area contributed by atoms with Gasteiger partial charge in [0.1, 0.15) is 6.07 Å². The van der Waals surface area contributed by atoms with E-state index in [-0.39, 0.29) is 0 Å². The van der Waals surface area contributed by atoms with Crippen LogP contribution in [0.25, 0.3) is 226 Å². The Hall–Kier alpha value is -17.6. The van der Waals surface area contributed by atoms with E-state index in [0.29, 0.717) is 11.3 Å². The number of nitriles is 1. The number of benzene rings is 18. The van der Waals surface area contributed by atoms with Crippen LogP contribution in [-0.4, -0.2) is 28.2 Å². The monoisotopic (exact) mass is 1850 g/mol. The maximum atomic E-state index is 11.5. The molecule has 0 unspecified atom stereocenters. The van der Waals surface area contributed by atoms with E-state index in [2.05, 4.69) is 490 Å². The van der Waals surface area contributed by atoms with Gasteiger partial charge < -0.3 is 18.3 Å². The van der Waals surface area contributed by atoms with Gasteiger partial charge in [-0.1, -0.05) is 307 Å². The molecule has 0 saturated heterocycles. The van der Waals surface area contributed by atoms with Crippen LogP contribution in [0.3, 0.4) is 0 Å². The number of fused-ring (bicyclic) bond motifs is 12. The zero-order chi connectivity index (χ0) is 99.1. The molecular formula is C136H108N8. The largest absolute Gasteiger partial charge is 0.319 e. The Bertz CT molecular complexity index is 9000. The van der Waals surface area contributed by atoms with Crippen molar-refractivity contribution in [3.05, 3.63) is 470 Å². The summed E-state index contributed by atoms with van der Waals surface area (Å²) in [5, 5.41) is 20.6. The van der Waals surface area contributed by atoms with Crippen LogP contribution in [0.1, 0.15) is 94.6 Å². The van der Waals surface area contributed by atoms with Crippen LogP contribution in [0.15, 0.2) is 365 Å². The quantitative estimate of drug-likeness (QED) is 0.102. The Morgan fingerprint density at radius 2 is 0.396 bits per heavy atom. The second-order valence-corrected chi connectivity index (χ2v) is 40.6. The molecule has 0 radical (unpaired) electrons. The van der Waals surface area contributed by atoms with Crippen LogP contribution in [0.2, 0.25) is 0 Å². The number of rotatable bonds is 14. The van der Waals surface area contributed by atoms with Crippen LogP contribution in [-0.2, 0) is 0 Å². The van der Waals surface area contributed by atoms with E-state index in [4.69, 9.17) is 6.57 Å². The van der Waals surface area contributed by atoms with E-state index in [9.17, 15) is 5.26 Å². The third kappa shape index (κ3) is 16.6. The number of nitrogens with zero attached hydrogens (tertiary/aromatic N) is 8. The van der Waals surface area contributed by atoms with Gasteiger partial charge >= 0.3 is 0 Å². The Labute approximate surface area is 841 Å². The summed E-state index contributed by atoms with van der Waals surface area (Å²) >= 11 is 0. The third-order valence-electron chi connectivity index (χ3n) is 28.9. The highest BCUT2D eigenvalue weighted by molar-refractivity contribution is 6.17. The van der Waals surface area contributed by atoms with E-state index in [1.54, 1.807) is 0 Å². The predicted octanol–water partition coefficient (Wildman–Crippen LogP) is 36.6. The van der Waals surface area contributed by atoms with E-state index in [1.165, 1.54) is 145 Å². The summed E-state index contributed by atoms with van der Waals surface area (Å²) in [6.45, 7) is 43.8. The second-order valence-electron chi connectivity index (χ2n) is 40.6. The fourth-order valence-corrected chi connectivity index (χ4v) is 23.3. The fourth-order valence-electron chi connectivity index (χ4n) is 23.3. The molecule has 0 amide bonds. The molecule has 8 nitrogen and oxygen atoms in total. The first kappa shape index (κ1) is 90.3. The number of hydrogen-bond acceptors (Lipinski definition) is 3. The lowest BCUT2D eigenvalue weighted by atomic mass is 9.97. The summed E-state index contributed by atoms with van der Waals surface area (Å²) in [6, 6.07) is 129. The summed E-state index contributed by atoms with van der Waals surface area (Å²) in [6.07, 6.45) is 7.46. The summed E-state index contributed by atoms with van der Waals surface area (Å²) in [5.41, 5.74) is 55.5. The van der Waals surface area contributed by atoms with Crippen molar-refractivity contribution in [2.45, 2.75) is 111 Å². The van der Waals surface area contributed by atoms with Crippen molar-refractivity contribution >= 4 is 92.9 Å². The number of pyridine rings is 2. The molecule has 24 rings (SSSR count). The van der Waals surface area contributed by atoms with Crippen molar-refractivity contribution in [1.82, 2.24) is 28.2 Å². The highest BCUT2D eigenvalue weighted by atomic mass is 15.0. The van der Waals surface area contributed by atoms with Crippen molar-refractivity contribution in [2.24, 2.45) is 0 Å². The normalized spacial score (nSPS) is 11.6. The molecule has 0 fully saturated rings. The smallest absolute Gasteiger partial charge is 0.212 e. The minimum absolute atomic E-state index is 0.557. The van der Waals surface area contributed by atoms with E-state index in [1.807, 2.05) is 24.8 Å². The van der Waals surface area contributed by atoms with Crippen molar-refractivity contribution in [3.8, 4) is 140 Å². The summed E-state index contributed by atoms with van der Waals surface area (Å²) in [7, 11) is 0. The van der Waals surface area contributed by atoms with Crippen molar-refractivity contribution < 1.29 is 0 Å². The lowest BCUT2D eigenvalue weighted by molar-refractivity contribution is 1.13. The third-order valence-corrected chi connectivity index (χ3v) is 28.9. The first-order valence-electron chi connectivity index (χ1n) is 49.7. The SMILES string of the molecule is Cc1cc(C)cc(-c2ccc3c(c2)c2cc(-c4cc(C)cc(C)c4)ccc2n3-c2cc(-c3ccncc3)c(-n3c4ccc(-c5cc(C)cc(C)c5)cc4c4cc(-c5cc(C)cc(C)c5)ccc43)cc2C#N)c1.[C-]#[N+]c1cc(-n2c3cc(-c4cc(C)cc(C)c4)ccc3c3ccc(-c4cc(C)cc(C)c4)cc32)c(-c2ccncc2)cc1-n1c2cc(-c3cc(C)cc(C)c3)ccc2c2ccc(-c3cc(C)cc(C)c3)cc21. The molecule has 0 bridgehead atoms. The molecule has 8 heteroatoms. The highest BCUT2D eigenvalue weighted by Gasteiger charge is 2.28. The molecule has 144 heavy (non-hydrogen) atoms. The van der Waals surface area contributed by atoms with Crippen molar-refractivity contribution in [2.75, 3.05) is 0 Å². The van der Waals surface area contributed by atoms with Gasteiger partial charge in [-0.05, 0) is 332 Å². The molecule has 0 aliphatic rings. The first-order valence-corrected chi connectivity index (χ1v) is 49.7. The van der Waals surface area contributed by atoms with Crippen LogP contribution in [0.5, 0.6) is 0 Å². The van der Waals surface area contributed by atoms with E-state index in [0.717, 1.165) is 166 Å². The minimum Gasteiger partial charge on any atom is -0.319 e. The number of hydrogen-bond donors (Lipinski definition) is 0. The zero-order valence-electron chi connectivity index (χ0n) is 84.2. The molecule has 18 aromatic carbocycles. The molecule has 6 aromatic heterocycles. The molecule has 0 N–H and O–H groups in total. The maximum Gasteiger partial charge on any atom is 0.212 e. The van der Waals surface area contributed by atoms with Crippen molar-refractivity contribution in [1.29, 1.82) is 5.26 Å². The van der Waals surface area contributed by atoms with Gasteiger partial charge in [-0.15, -0.1) is 0 Å². The van der Waals surface area contributed by atoms with Gasteiger partial charge in [0, 0.05) is 84.7 Å². The molecule has 6 heterocycles. The lowest BCUT2D eigenvalue weighted by Crippen LogP contribution is -2.04. The predicted molar refractivity (Wildman–Crippen MR) is 607 cm³/mol. The maximum absolute atomic E-state index is 11.5. The topological polar surface area (TPSA) is 73.7 Å². The van der Waals surface area contributed by atoms with Crippen LogP contribution in [0, 0.1) is 129 Å². The Kier molecular flexibility index (Phi) is 22.5. The van der Waals surface area contributed by atoms with E-state index < -0.39 is 0 Å². The van der Waals surface area contributed by atoms with Gasteiger partial charge in [-0.3, -0.25) is 9.97 Å². The lowest BCUT2D eigenvalue weighted by Gasteiger charge is -2.20. The summed E-state index contributed by atoms with van der Waals surface area (Å²) in [4.78, 5) is 13.5. The Balaban J connectivity index is 0.000000159. The molecular weight excluding hydrogens is 1750 g/mol. The van der Waals surface area contributed by atoms with Gasteiger partial charge in [-0.2, -0.15) is 5.26 Å². The molecule has 0 aliphatic heterocycles. The molecule has 692 valence electrons. The molecule has 0 spiro atoms. The number of aromatic nitrogens is 6. The van der Waals surface area contributed by atoms with Gasteiger partial charge in [0.15, 0.2) is 0 Å². The number of aryl methyl sites for hydroxylation is 16. The van der Waals surface area contributed by atoms with Gasteiger partial charge in [0.25, 0.3) is 0 Å². The highest BCUT2D eigenvalue weighted by Crippen LogP contribution is 2.50. The van der Waals surface area contributed by atoms with Gasteiger partial charge in [0.05, 0.1) is 73.3 Å². The average Bonchev–Trinajstić information content (AvgIpc) is 1.56. The zero-order valence-corrected chi connectivity index (χ0v) is 84.2. The second kappa shape index (κ2) is 36.0. The summed E-state index contributed by atoms with van der Waals surface area (Å²) in [5.74, 6) is 0. The first-order chi connectivity index (χ1) is 69.7. The molecule has 0 aliphatic carbocycles. The molecule has 0 atom stereocenters. The fraction of sp³-hybridized carbons (Fsp3) is 0.118. The molecule has 24 aromatic rings. The summed E-state index contributed by atoms with van der Waals surface area (Å²) < 4.78 is 9.46. The minimum atomic E-state index is 0.557. The van der Waals surface area contributed by atoms with Crippen LogP contribution >= 0.6 is 0 Å². The standard InChI is InChI=1S/2C68H54N4/c1-40-22-41(2)27-53(26-40)49-10-14-57-58-15-11-50(54-28-42(3)23-43(4)29-54)35-64(58)71(63(57)34-49)67-39-62(69-9)68(38-61(67)48-18-20-70-21-19-48)72-65-36-51(55-30-44(5)24-45(6)31-55)12-16-59(65)60-17-13-52(37-66(60)72)56-32-46(7)25-47(8)33-56;1-40-21-41(2)26-53(25-40)49-9-13-63-59(33-49)60-34-50(54-27-42(3)22-43(4)28-54)10-14-64(60)71(63)67-38-58(48-17-19-70-20-18-48)68(37-57(67)39-69)72-65-15-11-51(55-29-44(5)23-45(6)30-55)35-61(65)62-36-52(12-16-66(62)72)56-31-46(7)24-47(8)32-56/h10-39H,1-8H3;9-38H,1-8H3. The van der Waals surface area contributed by atoms with E-state index >= 15 is 0 Å². The van der Waals surface area contributed by atoms with Gasteiger partial charge in [0.2, 0.25) is 5.69 Å². The van der Waals surface area contributed by atoms with Crippen LogP contribution in [0.4, 0.5) is 5.69 Å². The molecule has 0 saturated carbocycles. The Morgan fingerprint density at radius 3 is 0.639 bits per heavy atom. The average molecular weight is 1850 g/mol. The van der Waals surface area contributed by atoms with Crippen LogP contribution < -0.4 is 0 Å². The van der Waals surface area contributed by atoms with Crippen molar-refractivity contribution in [3.63, 3.8) is 0 Å². The Morgan fingerprint density at radius 1 is 0.188 bits per heavy atom.